The lowest BCUT2D eigenvalue weighted by atomic mass is 10.1. The third kappa shape index (κ3) is 3.09. The lowest BCUT2D eigenvalue weighted by molar-refractivity contribution is 0.181. The number of phenols is 1. The van der Waals surface area contributed by atoms with Gasteiger partial charge in [0.1, 0.15) is 23.6 Å². The molecular formula is C16H19N5O3. The van der Waals surface area contributed by atoms with Crippen LogP contribution in [-0.4, -0.2) is 38.9 Å². The minimum Gasteiger partial charge on any atom is -0.508 e. The van der Waals surface area contributed by atoms with Crippen LogP contribution in [0.5, 0.6) is 11.5 Å². The average molecular weight is 329 g/mol. The molecule has 0 spiro atoms. The molecule has 2 aromatic heterocycles. The zero-order valence-electron chi connectivity index (χ0n) is 13.7. The number of methoxy groups -OCH3 is 2. The number of nitrogens with zero attached hydrogens (tertiary/aromatic N) is 4. The Hall–Kier alpha value is -2.87. The highest BCUT2D eigenvalue weighted by Crippen LogP contribution is 2.30. The van der Waals surface area contributed by atoms with E-state index in [1.807, 2.05) is 13.0 Å². The molecule has 1 unspecified atom stereocenters. The topological polar surface area (TPSA) is 93.8 Å². The number of phenolic OH excluding ortho intramolecular Hbond substituents is 1. The van der Waals surface area contributed by atoms with Gasteiger partial charge in [-0.05, 0) is 25.1 Å². The molecular weight excluding hydrogens is 310 g/mol. The van der Waals surface area contributed by atoms with Crippen molar-refractivity contribution >= 4 is 11.6 Å². The first-order valence-electron chi connectivity index (χ1n) is 7.44. The lowest BCUT2D eigenvalue weighted by Gasteiger charge is -2.18. The van der Waals surface area contributed by atoms with E-state index < -0.39 is 0 Å². The summed E-state index contributed by atoms with van der Waals surface area (Å²) >= 11 is 0. The zero-order chi connectivity index (χ0) is 17.1. The van der Waals surface area contributed by atoms with E-state index in [4.69, 9.17) is 9.47 Å². The molecule has 0 aliphatic rings. The van der Waals surface area contributed by atoms with Gasteiger partial charge in [-0.15, -0.1) is 0 Å². The number of anilines is 1. The van der Waals surface area contributed by atoms with Gasteiger partial charge in [0, 0.05) is 18.7 Å². The van der Waals surface area contributed by atoms with E-state index in [0.29, 0.717) is 29.5 Å². The molecule has 2 heterocycles. The molecule has 8 heteroatoms. The van der Waals surface area contributed by atoms with E-state index in [2.05, 4.69) is 20.4 Å². The van der Waals surface area contributed by atoms with Gasteiger partial charge >= 0.3 is 0 Å². The van der Waals surface area contributed by atoms with Crippen LogP contribution in [0.15, 0.2) is 30.6 Å². The van der Waals surface area contributed by atoms with Gasteiger partial charge in [0.05, 0.1) is 25.5 Å². The Labute approximate surface area is 139 Å². The summed E-state index contributed by atoms with van der Waals surface area (Å²) in [7, 11) is 3.20. The van der Waals surface area contributed by atoms with Gasteiger partial charge in [-0.1, -0.05) is 0 Å². The summed E-state index contributed by atoms with van der Waals surface area (Å²) in [6.45, 7) is 2.31. The minimum absolute atomic E-state index is 0.190. The van der Waals surface area contributed by atoms with E-state index in [1.165, 1.54) is 6.33 Å². The van der Waals surface area contributed by atoms with Crippen molar-refractivity contribution < 1.29 is 14.6 Å². The van der Waals surface area contributed by atoms with Crippen LogP contribution in [-0.2, 0) is 11.3 Å². The van der Waals surface area contributed by atoms with Crippen molar-refractivity contribution in [2.75, 3.05) is 19.5 Å². The van der Waals surface area contributed by atoms with E-state index in [9.17, 15) is 5.11 Å². The van der Waals surface area contributed by atoms with Crippen LogP contribution in [0.3, 0.4) is 0 Å². The SMILES string of the molecule is COCc1cc(NC(C)c2cc(OC)ccc2O)n2ncnc2n1. The Morgan fingerprint density at radius 3 is 2.88 bits per heavy atom. The molecule has 1 atom stereocenters. The van der Waals surface area contributed by atoms with E-state index in [-0.39, 0.29) is 11.8 Å². The van der Waals surface area contributed by atoms with Gasteiger partial charge in [0.2, 0.25) is 0 Å². The number of rotatable bonds is 6. The number of nitrogens with one attached hydrogen (secondary N) is 1. The molecule has 0 fully saturated rings. The highest BCUT2D eigenvalue weighted by molar-refractivity contribution is 5.49. The van der Waals surface area contributed by atoms with Gasteiger partial charge in [-0.2, -0.15) is 14.6 Å². The Balaban J connectivity index is 1.95. The van der Waals surface area contributed by atoms with Crippen LogP contribution < -0.4 is 10.1 Å². The first-order valence-corrected chi connectivity index (χ1v) is 7.44. The van der Waals surface area contributed by atoms with Gasteiger partial charge in [0.25, 0.3) is 5.78 Å². The predicted molar refractivity (Wildman–Crippen MR) is 88.2 cm³/mol. The summed E-state index contributed by atoms with van der Waals surface area (Å²) in [5, 5.41) is 17.6. The standard InChI is InChI=1S/C16H19N5O3/c1-10(13-7-12(24-3)4-5-14(13)22)19-15-6-11(8-23-2)20-16-17-9-18-21(15)16/h4-7,9-10,19,22H,8H2,1-3H3. The molecule has 0 aliphatic carbocycles. The molecule has 24 heavy (non-hydrogen) atoms. The molecule has 0 bridgehead atoms. The Morgan fingerprint density at radius 2 is 2.12 bits per heavy atom. The van der Waals surface area contributed by atoms with Gasteiger partial charge in [-0.25, -0.2) is 4.98 Å². The summed E-state index contributed by atoms with van der Waals surface area (Å²) in [4.78, 5) is 8.49. The van der Waals surface area contributed by atoms with Gasteiger partial charge in [-0.3, -0.25) is 0 Å². The summed E-state index contributed by atoms with van der Waals surface area (Å²) in [6, 6.07) is 6.78. The minimum atomic E-state index is -0.190. The number of hydrogen-bond acceptors (Lipinski definition) is 7. The van der Waals surface area contributed by atoms with Crippen molar-refractivity contribution in [3.05, 3.63) is 41.9 Å². The Morgan fingerprint density at radius 1 is 1.29 bits per heavy atom. The molecule has 3 rings (SSSR count). The van der Waals surface area contributed by atoms with Crippen LogP contribution in [0.4, 0.5) is 5.82 Å². The van der Waals surface area contributed by atoms with Crippen molar-refractivity contribution in [2.45, 2.75) is 19.6 Å². The zero-order valence-corrected chi connectivity index (χ0v) is 13.7. The van der Waals surface area contributed by atoms with Crippen LogP contribution >= 0.6 is 0 Å². The Bertz CT molecular complexity index is 849. The largest absolute Gasteiger partial charge is 0.508 e. The first kappa shape index (κ1) is 16.0. The molecule has 0 radical (unpaired) electrons. The van der Waals surface area contributed by atoms with Crippen molar-refractivity contribution in [3.63, 3.8) is 0 Å². The molecule has 0 amide bonds. The molecule has 2 N–H and O–H groups in total. The summed E-state index contributed by atoms with van der Waals surface area (Å²) in [5.74, 6) is 2.06. The fourth-order valence-corrected chi connectivity index (χ4v) is 2.49. The quantitative estimate of drug-likeness (QED) is 0.715. The number of benzene rings is 1. The van der Waals surface area contributed by atoms with Gasteiger partial charge < -0.3 is 19.9 Å². The van der Waals surface area contributed by atoms with Gasteiger partial charge in [0.15, 0.2) is 0 Å². The molecule has 126 valence electrons. The maximum Gasteiger partial charge on any atom is 0.254 e. The lowest BCUT2D eigenvalue weighted by Crippen LogP contribution is -2.12. The monoisotopic (exact) mass is 329 g/mol. The van der Waals surface area contributed by atoms with Crippen LogP contribution in [0.1, 0.15) is 24.2 Å². The molecule has 0 saturated carbocycles. The van der Waals surface area contributed by atoms with E-state index in [0.717, 1.165) is 5.69 Å². The maximum absolute atomic E-state index is 10.1. The maximum atomic E-state index is 10.1. The van der Waals surface area contributed by atoms with Crippen LogP contribution in [0.25, 0.3) is 5.78 Å². The third-order valence-electron chi connectivity index (χ3n) is 3.66. The number of fused-ring (bicyclic) bond motifs is 1. The molecule has 3 aromatic rings. The molecule has 1 aromatic carbocycles. The average Bonchev–Trinajstić information content (AvgIpc) is 3.04. The normalized spacial score (nSPS) is 12.3. The van der Waals surface area contributed by atoms with Crippen LogP contribution in [0.2, 0.25) is 0 Å². The third-order valence-corrected chi connectivity index (χ3v) is 3.66. The fraction of sp³-hybridized carbons (Fsp3) is 0.312. The second-order valence-electron chi connectivity index (χ2n) is 5.33. The van der Waals surface area contributed by atoms with E-state index >= 15 is 0 Å². The number of ether oxygens (including phenoxy) is 2. The second-order valence-corrected chi connectivity index (χ2v) is 5.33. The number of hydrogen-bond donors (Lipinski definition) is 2. The highest BCUT2D eigenvalue weighted by atomic mass is 16.5. The second kappa shape index (κ2) is 6.71. The predicted octanol–water partition coefficient (Wildman–Crippen LogP) is 2.16. The molecule has 0 saturated heterocycles. The summed E-state index contributed by atoms with van der Waals surface area (Å²) in [6.07, 6.45) is 1.44. The summed E-state index contributed by atoms with van der Waals surface area (Å²) < 4.78 is 12.0. The molecule has 0 aliphatic heterocycles. The van der Waals surface area contributed by atoms with E-state index in [1.54, 1.807) is 36.9 Å². The summed E-state index contributed by atoms with van der Waals surface area (Å²) in [5.41, 5.74) is 1.45. The van der Waals surface area contributed by atoms with Crippen LogP contribution in [0, 0.1) is 0 Å². The van der Waals surface area contributed by atoms with Crippen molar-refractivity contribution in [2.24, 2.45) is 0 Å². The van der Waals surface area contributed by atoms with Crippen molar-refractivity contribution in [3.8, 4) is 11.5 Å². The Kier molecular flexibility index (Phi) is 4.48. The fourth-order valence-electron chi connectivity index (χ4n) is 2.49. The molecule has 8 nitrogen and oxygen atoms in total. The smallest absolute Gasteiger partial charge is 0.254 e. The van der Waals surface area contributed by atoms with Crippen molar-refractivity contribution in [1.29, 1.82) is 0 Å². The number of aromatic nitrogens is 4. The number of aromatic hydroxyl groups is 1. The highest BCUT2D eigenvalue weighted by Gasteiger charge is 2.15. The first-order chi connectivity index (χ1) is 11.6. The van der Waals surface area contributed by atoms with Crippen molar-refractivity contribution in [1.82, 2.24) is 19.6 Å².